The molecule has 1 aliphatic heterocycles. The summed E-state index contributed by atoms with van der Waals surface area (Å²) in [5.74, 6) is 2.31. The van der Waals surface area contributed by atoms with E-state index in [1.54, 1.807) is 0 Å². The van der Waals surface area contributed by atoms with E-state index in [2.05, 4.69) is 73.9 Å². The smallest absolute Gasteiger partial charge is 0.396 e. The van der Waals surface area contributed by atoms with Crippen LogP contribution in [0.2, 0.25) is 0 Å². The maximum absolute atomic E-state index is 5.98. The predicted molar refractivity (Wildman–Crippen MR) is 94.6 cm³/mol. The molecule has 3 aromatic rings. The third kappa shape index (κ3) is 2.17. The molecule has 0 atom stereocenters. The molecule has 0 N–H and O–H groups in total. The van der Waals surface area contributed by atoms with Crippen molar-refractivity contribution in [3.8, 4) is 0 Å². The highest BCUT2D eigenvalue weighted by atomic mass is 16.3. The molecule has 3 heterocycles. The highest BCUT2D eigenvalue weighted by Gasteiger charge is 2.30. The van der Waals surface area contributed by atoms with Gasteiger partial charge in [0.15, 0.2) is 11.8 Å². The Labute approximate surface area is 136 Å². The van der Waals surface area contributed by atoms with Crippen molar-refractivity contribution in [2.24, 2.45) is 7.05 Å². The zero-order chi connectivity index (χ0) is 16.1. The first-order chi connectivity index (χ1) is 11.0. The summed E-state index contributed by atoms with van der Waals surface area (Å²) in [5, 5.41) is 2.38. The Balaban J connectivity index is 1.97. The minimum Gasteiger partial charge on any atom is -0.455 e. The third-order valence-corrected chi connectivity index (χ3v) is 4.83. The van der Waals surface area contributed by atoms with Crippen molar-refractivity contribution in [1.82, 2.24) is 4.81 Å². The van der Waals surface area contributed by atoms with Gasteiger partial charge in [-0.15, -0.1) is 0 Å². The molecule has 23 heavy (non-hydrogen) atoms. The largest absolute Gasteiger partial charge is 0.455 e. The number of aromatic nitrogens is 1. The van der Waals surface area contributed by atoms with E-state index < -0.39 is 0 Å². The lowest BCUT2D eigenvalue weighted by atomic mass is 9.55. The second-order valence-corrected chi connectivity index (χ2v) is 6.46. The zero-order valence-electron chi connectivity index (χ0n) is 14.0. The Kier molecular flexibility index (Phi) is 3.08. The zero-order valence-corrected chi connectivity index (χ0v) is 14.0. The van der Waals surface area contributed by atoms with Gasteiger partial charge in [0.2, 0.25) is 0 Å². The first-order valence-corrected chi connectivity index (χ1v) is 7.94. The van der Waals surface area contributed by atoms with Crippen LogP contribution in [0.4, 0.5) is 0 Å². The minimum atomic E-state index is 0.202. The Morgan fingerprint density at radius 1 is 1.13 bits per heavy atom. The molecule has 0 amide bonds. The van der Waals surface area contributed by atoms with Crippen LogP contribution in [0.5, 0.6) is 0 Å². The molecule has 1 aromatic carbocycles. The average Bonchev–Trinajstić information content (AvgIpc) is 2.87. The summed E-state index contributed by atoms with van der Waals surface area (Å²) in [6.07, 6.45) is 4.31. The molecule has 0 aliphatic carbocycles. The number of aryl methyl sites for hydroxylation is 3. The van der Waals surface area contributed by atoms with E-state index in [0.717, 1.165) is 11.0 Å². The number of benzene rings is 1. The SMILES string of the molecule is Cc1cc(B2C=c3c(oc4ccccc34)=CN2C)[n+](C)cc1C. The molecule has 2 aromatic heterocycles. The van der Waals surface area contributed by atoms with Gasteiger partial charge in [-0.25, -0.2) is 4.57 Å². The maximum Gasteiger partial charge on any atom is 0.396 e. The molecule has 114 valence electrons. The molecule has 0 unspecified atom stereocenters. The van der Waals surface area contributed by atoms with Crippen LogP contribution in [-0.4, -0.2) is 18.7 Å². The van der Waals surface area contributed by atoms with Crippen molar-refractivity contribution < 1.29 is 8.98 Å². The maximum atomic E-state index is 5.98. The lowest BCUT2D eigenvalue weighted by Gasteiger charge is -2.21. The van der Waals surface area contributed by atoms with Crippen LogP contribution < -0.4 is 20.8 Å². The summed E-state index contributed by atoms with van der Waals surface area (Å²) in [4.78, 5) is 2.22. The molecule has 3 nitrogen and oxygen atoms in total. The van der Waals surface area contributed by atoms with E-state index in [0.29, 0.717) is 0 Å². The molecule has 0 saturated heterocycles. The standard InChI is InChI=1S/C19H20BN2O/c1-13-9-19(21(3)11-14(13)2)20-10-16-15-7-5-6-8-17(15)23-18(16)12-22(20)4/h5-12H,1-4H3/q+1. The van der Waals surface area contributed by atoms with Crippen molar-refractivity contribution in [2.75, 3.05) is 7.05 Å². The number of furan rings is 1. The van der Waals surface area contributed by atoms with E-state index in [4.69, 9.17) is 4.42 Å². The van der Waals surface area contributed by atoms with E-state index in [1.165, 1.54) is 27.3 Å². The van der Waals surface area contributed by atoms with Gasteiger partial charge in [0.05, 0.1) is 0 Å². The Hall–Kier alpha value is -2.49. The van der Waals surface area contributed by atoms with Crippen LogP contribution in [0.25, 0.3) is 23.1 Å². The van der Waals surface area contributed by atoms with Gasteiger partial charge < -0.3 is 9.23 Å². The fourth-order valence-electron chi connectivity index (χ4n) is 3.39. The highest BCUT2D eigenvalue weighted by Crippen LogP contribution is 2.10. The molecule has 0 bridgehead atoms. The molecule has 0 spiro atoms. The molecule has 0 radical (unpaired) electrons. The summed E-state index contributed by atoms with van der Waals surface area (Å²) in [6, 6.07) is 10.5. The lowest BCUT2D eigenvalue weighted by molar-refractivity contribution is -0.654. The Morgan fingerprint density at radius 2 is 1.91 bits per heavy atom. The molecule has 0 saturated carbocycles. The first kappa shape index (κ1) is 14.1. The topological polar surface area (TPSA) is 20.3 Å². The monoisotopic (exact) mass is 303 g/mol. The van der Waals surface area contributed by atoms with Gasteiger partial charge in [-0.3, -0.25) is 0 Å². The van der Waals surface area contributed by atoms with E-state index in [-0.39, 0.29) is 6.85 Å². The third-order valence-electron chi connectivity index (χ3n) is 4.83. The lowest BCUT2D eigenvalue weighted by Crippen LogP contribution is -2.61. The van der Waals surface area contributed by atoms with Gasteiger partial charge >= 0.3 is 6.85 Å². The van der Waals surface area contributed by atoms with E-state index in [1.807, 2.05) is 12.1 Å². The van der Waals surface area contributed by atoms with E-state index >= 15 is 0 Å². The van der Waals surface area contributed by atoms with Crippen LogP contribution in [0.1, 0.15) is 11.1 Å². The van der Waals surface area contributed by atoms with Crippen LogP contribution in [0.15, 0.2) is 40.9 Å². The fraction of sp³-hybridized carbons (Fsp3) is 0.211. The van der Waals surface area contributed by atoms with E-state index in [9.17, 15) is 0 Å². The summed E-state index contributed by atoms with van der Waals surface area (Å²) in [6.45, 7) is 4.53. The molecule has 4 rings (SSSR count). The number of hydrogen-bond acceptors (Lipinski definition) is 2. The number of pyridine rings is 1. The summed E-state index contributed by atoms with van der Waals surface area (Å²) >= 11 is 0. The van der Waals surface area contributed by atoms with Gasteiger partial charge in [0.1, 0.15) is 18.0 Å². The van der Waals surface area contributed by atoms with Gasteiger partial charge in [-0.05, 0) is 32.5 Å². The Morgan fingerprint density at radius 3 is 2.74 bits per heavy atom. The second kappa shape index (κ2) is 5.02. The number of rotatable bonds is 1. The van der Waals surface area contributed by atoms with Crippen LogP contribution in [-0.2, 0) is 7.05 Å². The Bertz CT molecular complexity index is 1040. The fourth-order valence-corrected chi connectivity index (χ4v) is 3.39. The number of fused-ring (bicyclic) bond motifs is 3. The first-order valence-electron chi connectivity index (χ1n) is 7.94. The normalized spacial score (nSPS) is 13.7. The van der Waals surface area contributed by atoms with Gasteiger partial charge in [-0.2, -0.15) is 0 Å². The van der Waals surface area contributed by atoms with Crippen LogP contribution in [0.3, 0.4) is 0 Å². The van der Waals surface area contributed by atoms with Crippen LogP contribution in [0, 0.1) is 13.8 Å². The van der Waals surface area contributed by atoms with Crippen molar-refractivity contribution in [2.45, 2.75) is 13.8 Å². The minimum absolute atomic E-state index is 0.202. The highest BCUT2D eigenvalue weighted by molar-refractivity contribution is 6.82. The quantitative estimate of drug-likeness (QED) is 0.489. The average molecular weight is 303 g/mol. The summed E-state index contributed by atoms with van der Waals surface area (Å²) in [5.41, 5.74) is 5.80. The van der Waals surface area contributed by atoms with Crippen molar-refractivity contribution in [3.63, 3.8) is 0 Å². The number of hydrogen-bond donors (Lipinski definition) is 0. The van der Waals surface area contributed by atoms with Gasteiger partial charge in [0.25, 0.3) is 0 Å². The molecular formula is C19H20BN2O+. The molecule has 4 heteroatoms. The molecule has 0 fully saturated rings. The van der Waals surface area contributed by atoms with Crippen molar-refractivity contribution >= 4 is 35.6 Å². The van der Waals surface area contributed by atoms with Crippen molar-refractivity contribution in [1.29, 1.82) is 0 Å². The van der Waals surface area contributed by atoms with Gasteiger partial charge in [0, 0.05) is 28.4 Å². The second-order valence-electron chi connectivity index (χ2n) is 6.46. The molecule has 1 aliphatic rings. The van der Waals surface area contributed by atoms with Gasteiger partial charge in [-0.1, -0.05) is 24.2 Å². The number of nitrogens with zero attached hydrogens (tertiary/aromatic N) is 2. The van der Waals surface area contributed by atoms with Crippen molar-refractivity contribution in [3.05, 3.63) is 58.3 Å². The summed E-state index contributed by atoms with van der Waals surface area (Å²) < 4.78 is 8.21. The number of para-hydroxylation sites is 1. The predicted octanol–water partition coefficient (Wildman–Crippen LogP) is 0.776. The molecular weight excluding hydrogens is 283 g/mol. The van der Waals surface area contributed by atoms with Crippen LogP contribution >= 0.6 is 0 Å². The summed E-state index contributed by atoms with van der Waals surface area (Å²) in [7, 11) is 4.22.